The molecule has 0 bridgehead atoms. The summed E-state index contributed by atoms with van der Waals surface area (Å²) in [6.07, 6.45) is 5.53. The summed E-state index contributed by atoms with van der Waals surface area (Å²) in [7, 11) is 0. The van der Waals surface area contributed by atoms with Crippen molar-refractivity contribution in [3.8, 4) is 0 Å². The first-order valence-corrected chi connectivity index (χ1v) is 8.40. The number of hydrogen-bond acceptors (Lipinski definition) is 2. The SMILES string of the molecule is CCCCCCC(C)C1(O)C(=O)c2cccc3cccc1c23. The summed E-state index contributed by atoms with van der Waals surface area (Å²) in [6.45, 7) is 4.20. The van der Waals surface area contributed by atoms with Crippen LogP contribution in [0.5, 0.6) is 0 Å². The molecule has 2 atom stereocenters. The molecule has 0 spiro atoms. The molecule has 1 N–H and O–H groups in total. The van der Waals surface area contributed by atoms with Crippen LogP contribution in [0.3, 0.4) is 0 Å². The summed E-state index contributed by atoms with van der Waals surface area (Å²) in [5.41, 5.74) is 0.125. The fourth-order valence-corrected chi connectivity index (χ4v) is 3.75. The zero-order valence-corrected chi connectivity index (χ0v) is 13.4. The second-order valence-corrected chi connectivity index (χ2v) is 6.56. The third-order valence-electron chi connectivity index (χ3n) is 5.11. The molecule has 0 fully saturated rings. The predicted octanol–water partition coefficient (Wildman–Crippen LogP) is 4.83. The molecule has 0 saturated heterocycles. The van der Waals surface area contributed by atoms with Crippen molar-refractivity contribution in [3.63, 3.8) is 0 Å². The zero-order valence-electron chi connectivity index (χ0n) is 13.4. The van der Waals surface area contributed by atoms with Crippen molar-refractivity contribution in [1.82, 2.24) is 0 Å². The van der Waals surface area contributed by atoms with Gasteiger partial charge in [-0.15, -0.1) is 0 Å². The van der Waals surface area contributed by atoms with E-state index < -0.39 is 5.60 Å². The van der Waals surface area contributed by atoms with Crippen LogP contribution in [0, 0.1) is 5.92 Å². The van der Waals surface area contributed by atoms with E-state index in [1.54, 1.807) is 0 Å². The molecule has 22 heavy (non-hydrogen) atoms. The number of carbonyl (C=O) groups excluding carboxylic acids is 1. The molecule has 0 radical (unpaired) electrons. The van der Waals surface area contributed by atoms with Gasteiger partial charge in [0.2, 0.25) is 0 Å². The van der Waals surface area contributed by atoms with Gasteiger partial charge in [0.15, 0.2) is 11.4 Å². The molecule has 1 aliphatic carbocycles. The quantitative estimate of drug-likeness (QED) is 0.775. The van der Waals surface area contributed by atoms with Gasteiger partial charge in [0.05, 0.1) is 0 Å². The first-order valence-electron chi connectivity index (χ1n) is 8.40. The molecular weight excluding hydrogens is 272 g/mol. The molecule has 0 heterocycles. The van der Waals surface area contributed by atoms with Crippen LogP contribution in [0.25, 0.3) is 10.8 Å². The number of ketones is 1. The van der Waals surface area contributed by atoms with E-state index in [1.807, 2.05) is 43.3 Å². The van der Waals surface area contributed by atoms with E-state index in [4.69, 9.17) is 0 Å². The molecule has 2 heteroatoms. The van der Waals surface area contributed by atoms with Crippen molar-refractivity contribution in [2.45, 2.75) is 51.6 Å². The first-order chi connectivity index (χ1) is 10.6. The van der Waals surface area contributed by atoms with Gasteiger partial charge < -0.3 is 5.11 Å². The highest BCUT2D eigenvalue weighted by Crippen LogP contribution is 2.46. The molecule has 2 aromatic rings. The minimum Gasteiger partial charge on any atom is -0.377 e. The number of aliphatic hydroxyl groups is 1. The molecule has 0 saturated carbocycles. The Hall–Kier alpha value is -1.67. The molecule has 0 aromatic heterocycles. The van der Waals surface area contributed by atoms with E-state index in [-0.39, 0.29) is 11.7 Å². The van der Waals surface area contributed by atoms with Crippen LogP contribution in [-0.4, -0.2) is 10.9 Å². The summed E-state index contributed by atoms with van der Waals surface area (Å²) < 4.78 is 0. The van der Waals surface area contributed by atoms with Crippen molar-refractivity contribution in [2.75, 3.05) is 0 Å². The number of carbonyl (C=O) groups is 1. The van der Waals surface area contributed by atoms with E-state index in [0.717, 1.165) is 29.2 Å². The summed E-state index contributed by atoms with van der Waals surface area (Å²) >= 11 is 0. The normalized spacial score (nSPS) is 21.5. The molecule has 3 rings (SSSR count). The molecular formula is C20H24O2. The number of hydrogen-bond donors (Lipinski definition) is 1. The van der Waals surface area contributed by atoms with E-state index in [9.17, 15) is 9.90 Å². The predicted molar refractivity (Wildman–Crippen MR) is 90.1 cm³/mol. The lowest BCUT2D eigenvalue weighted by molar-refractivity contribution is -0.00100. The molecule has 2 nitrogen and oxygen atoms in total. The highest BCUT2D eigenvalue weighted by molar-refractivity contribution is 6.19. The highest BCUT2D eigenvalue weighted by atomic mass is 16.3. The fraction of sp³-hybridized carbons (Fsp3) is 0.450. The second-order valence-electron chi connectivity index (χ2n) is 6.56. The van der Waals surface area contributed by atoms with Crippen molar-refractivity contribution in [3.05, 3.63) is 47.5 Å². The second kappa shape index (κ2) is 5.85. The van der Waals surface area contributed by atoms with E-state index in [0.29, 0.717) is 5.56 Å². The number of unbranched alkanes of at least 4 members (excludes halogenated alkanes) is 3. The van der Waals surface area contributed by atoms with Crippen LogP contribution in [-0.2, 0) is 5.60 Å². The van der Waals surface area contributed by atoms with Gasteiger partial charge in [0.1, 0.15) is 0 Å². The van der Waals surface area contributed by atoms with E-state index in [1.165, 1.54) is 19.3 Å². The minimum atomic E-state index is -1.35. The summed E-state index contributed by atoms with van der Waals surface area (Å²) in [5.74, 6) is -0.183. The van der Waals surface area contributed by atoms with Crippen LogP contribution in [0.1, 0.15) is 61.9 Å². The zero-order chi connectivity index (χ0) is 15.7. The Morgan fingerprint density at radius 3 is 2.55 bits per heavy atom. The van der Waals surface area contributed by atoms with Gasteiger partial charge in [0, 0.05) is 11.1 Å². The maximum absolute atomic E-state index is 12.9. The third kappa shape index (κ3) is 2.17. The van der Waals surface area contributed by atoms with Gasteiger partial charge in [0.25, 0.3) is 0 Å². The number of Topliss-reactive ketones (excluding diaryl/α,β-unsaturated/α-hetero) is 1. The minimum absolute atomic E-state index is 0.0603. The average molecular weight is 296 g/mol. The maximum atomic E-state index is 12.9. The average Bonchev–Trinajstić information content (AvgIpc) is 2.77. The lowest BCUT2D eigenvalue weighted by Crippen LogP contribution is -2.38. The van der Waals surface area contributed by atoms with Gasteiger partial charge in [-0.3, -0.25) is 4.79 Å². The van der Waals surface area contributed by atoms with Crippen molar-refractivity contribution < 1.29 is 9.90 Å². The molecule has 0 amide bonds. The van der Waals surface area contributed by atoms with E-state index >= 15 is 0 Å². The number of benzene rings is 2. The standard InChI is InChI=1S/C20H24O2/c1-3-4-5-6-9-14(2)20(22)17-13-8-11-15-10-7-12-16(18(15)17)19(20)21/h7-8,10-14,22H,3-6,9H2,1-2H3. The Morgan fingerprint density at radius 1 is 1.09 bits per heavy atom. The molecule has 1 aliphatic rings. The fourth-order valence-electron chi connectivity index (χ4n) is 3.75. The maximum Gasteiger partial charge on any atom is 0.199 e. The molecule has 116 valence electrons. The monoisotopic (exact) mass is 296 g/mol. The Kier molecular flexibility index (Phi) is 4.05. The van der Waals surface area contributed by atoms with E-state index in [2.05, 4.69) is 6.92 Å². The molecule has 2 aromatic carbocycles. The Labute approximate surface area is 132 Å². The van der Waals surface area contributed by atoms with Crippen molar-refractivity contribution in [2.24, 2.45) is 5.92 Å². The van der Waals surface area contributed by atoms with Gasteiger partial charge >= 0.3 is 0 Å². The van der Waals surface area contributed by atoms with Crippen LogP contribution in [0.15, 0.2) is 36.4 Å². The number of rotatable bonds is 6. The van der Waals surface area contributed by atoms with Crippen LogP contribution < -0.4 is 0 Å². The van der Waals surface area contributed by atoms with Crippen LogP contribution in [0.2, 0.25) is 0 Å². The van der Waals surface area contributed by atoms with Crippen molar-refractivity contribution >= 4 is 16.6 Å². The van der Waals surface area contributed by atoms with Crippen LogP contribution >= 0.6 is 0 Å². The lowest BCUT2D eigenvalue weighted by atomic mass is 9.79. The summed E-state index contributed by atoms with van der Waals surface area (Å²) in [6, 6.07) is 11.6. The first kappa shape index (κ1) is 15.2. The Morgan fingerprint density at radius 2 is 1.82 bits per heavy atom. The van der Waals surface area contributed by atoms with Gasteiger partial charge in [-0.05, 0) is 23.1 Å². The smallest absolute Gasteiger partial charge is 0.199 e. The third-order valence-corrected chi connectivity index (χ3v) is 5.11. The van der Waals surface area contributed by atoms with Crippen LogP contribution in [0.4, 0.5) is 0 Å². The lowest BCUT2D eigenvalue weighted by Gasteiger charge is -2.30. The summed E-state index contributed by atoms with van der Waals surface area (Å²) in [5, 5.41) is 13.3. The topological polar surface area (TPSA) is 37.3 Å². The van der Waals surface area contributed by atoms with Gasteiger partial charge in [-0.25, -0.2) is 0 Å². The largest absolute Gasteiger partial charge is 0.377 e. The Bertz CT molecular complexity index is 699. The van der Waals surface area contributed by atoms with Gasteiger partial charge in [-0.2, -0.15) is 0 Å². The van der Waals surface area contributed by atoms with Crippen molar-refractivity contribution in [1.29, 1.82) is 0 Å². The summed E-state index contributed by atoms with van der Waals surface area (Å²) in [4.78, 5) is 12.9. The molecule has 0 aliphatic heterocycles. The van der Waals surface area contributed by atoms with Gasteiger partial charge in [-0.1, -0.05) is 75.9 Å². The molecule has 2 unspecified atom stereocenters. The highest BCUT2D eigenvalue weighted by Gasteiger charge is 2.49. The Balaban J connectivity index is 1.95.